The molecule has 2 aliphatic rings. The van der Waals surface area contributed by atoms with Crippen molar-refractivity contribution in [1.82, 2.24) is 15.2 Å². The van der Waals surface area contributed by atoms with Crippen molar-refractivity contribution in [2.24, 2.45) is 4.99 Å². The van der Waals surface area contributed by atoms with Gasteiger partial charge in [0.1, 0.15) is 0 Å². The molecular weight excluding hydrogens is 356 g/mol. The van der Waals surface area contributed by atoms with E-state index in [1.807, 2.05) is 13.8 Å². The maximum absolute atomic E-state index is 12.7. The molecule has 25 heavy (non-hydrogen) atoms. The van der Waals surface area contributed by atoms with Gasteiger partial charge in [-0.2, -0.15) is 0 Å². The minimum atomic E-state index is -3.02. The summed E-state index contributed by atoms with van der Waals surface area (Å²) < 4.78 is 24.9. The van der Waals surface area contributed by atoms with Crippen molar-refractivity contribution >= 4 is 27.1 Å². The van der Waals surface area contributed by atoms with E-state index < -0.39 is 14.6 Å². The molecular formula is C17H28N4O2S2. The van der Waals surface area contributed by atoms with E-state index in [1.54, 1.807) is 18.4 Å². The number of thiazole rings is 1. The zero-order valence-corrected chi connectivity index (χ0v) is 17.0. The van der Waals surface area contributed by atoms with Crippen molar-refractivity contribution in [3.63, 3.8) is 0 Å². The number of nitrogens with one attached hydrogen (secondary N) is 1. The van der Waals surface area contributed by atoms with Gasteiger partial charge in [0.25, 0.3) is 0 Å². The van der Waals surface area contributed by atoms with Crippen LogP contribution in [0.25, 0.3) is 0 Å². The molecule has 140 valence electrons. The number of guanidine groups is 1. The second kappa shape index (κ2) is 7.23. The summed E-state index contributed by atoms with van der Waals surface area (Å²) in [4.78, 5) is 12.2. The lowest BCUT2D eigenvalue weighted by Crippen LogP contribution is -2.60. The van der Waals surface area contributed by atoms with Crippen molar-refractivity contribution in [2.75, 3.05) is 25.9 Å². The number of rotatable bonds is 2. The largest absolute Gasteiger partial charge is 0.351 e. The summed E-state index contributed by atoms with van der Waals surface area (Å²) in [7, 11) is -1.26. The fraction of sp³-hybridized carbons (Fsp3) is 0.765. The smallest absolute Gasteiger partial charge is 0.194 e. The Kier molecular flexibility index (Phi) is 5.39. The fourth-order valence-corrected chi connectivity index (χ4v) is 7.08. The summed E-state index contributed by atoms with van der Waals surface area (Å²) >= 11 is 1.69. The third kappa shape index (κ3) is 3.69. The first-order chi connectivity index (χ1) is 11.9. The third-order valence-electron chi connectivity index (χ3n) is 5.45. The number of hydrogen-bond acceptors (Lipinski definition) is 5. The number of aryl methyl sites for hydroxylation is 2. The summed E-state index contributed by atoms with van der Waals surface area (Å²) in [5, 5.41) is 4.47. The highest BCUT2D eigenvalue weighted by Gasteiger charge is 2.48. The molecule has 1 N–H and O–H groups in total. The van der Waals surface area contributed by atoms with Crippen LogP contribution in [0.4, 0.5) is 0 Å². The van der Waals surface area contributed by atoms with E-state index in [4.69, 9.17) is 0 Å². The van der Waals surface area contributed by atoms with Crippen molar-refractivity contribution in [1.29, 1.82) is 0 Å². The van der Waals surface area contributed by atoms with Gasteiger partial charge in [-0.05, 0) is 26.7 Å². The lowest BCUT2D eigenvalue weighted by Gasteiger charge is -2.45. The zero-order chi connectivity index (χ0) is 18.1. The molecule has 1 saturated heterocycles. The Hall–Kier alpha value is -1.15. The highest BCUT2D eigenvalue weighted by atomic mass is 32.2. The standard InChI is InChI=1S/C17H28N4O2S2/c1-13-15(24-14(2)20-13)11-19-16(18-3)21-9-10-25(22,23)17(12-21)7-5-4-6-8-17/h4-12H2,1-3H3,(H,18,19). The molecule has 3 rings (SSSR count). The molecule has 1 aliphatic heterocycles. The SMILES string of the molecule is CN=C(NCc1sc(C)nc1C)N1CCS(=O)(=O)C2(CCCCC2)C1. The minimum Gasteiger partial charge on any atom is -0.351 e. The summed E-state index contributed by atoms with van der Waals surface area (Å²) in [5.41, 5.74) is 1.05. The van der Waals surface area contributed by atoms with E-state index in [9.17, 15) is 8.42 Å². The van der Waals surface area contributed by atoms with Crippen LogP contribution in [0, 0.1) is 13.8 Å². The van der Waals surface area contributed by atoms with E-state index in [2.05, 4.69) is 20.2 Å². The number of hydrogen-bond donors (Lipinski definition) is 1. The number of aromatic nitrogens is 1. The van der Waals surface area contributed by atoms with Crippen LogP contribution in [0.1, 0.15) is 47.7 Å². The predicted octanol–water partition coefficient (Wildman–Crippen LogP) is 2.27. The van der Waals surface area contributed by atoms with Crippen molar-refractivity contribution in [3.05, 3.63) is 15.6 Å². The van der Waals surface area contributed by atoms with Gasteiger partial charge in [0.2, 0.25) is 0 Å². The summed E-state index contributed by atoms with van der Waals surface area (Å²) in [6.07, 6.45) is 4.75. The van der Waals surface area contributed by atoms with E-state index in [1.165, 1.54) is 4.88 Å². The molecule has 0 amide bonds. The van der Waals surface area contributed by atoms with Gasteiger partial charge in [0.05, 0.1) is 27.7 Å². The molecule has 1 aromatic rings. The number of nitrogens with zero attached hydrogens (tertiary/aromatic N) is 3. The number of sulfone groups is 1. The van der Waals surface area contributed by atoms with E-state index in [-0.39, 0.29) is 5.75 Å². The van der Waals surface area contributed by atoms with Gasteiger partial charge in [-0.25, -0.2) is 13.4 Å². The first-order valence-electron chi connectivity index (χ1n) is 8.98. The average Bonchev–Trinajstić information content (AvgIpc) is 2.90. The van der Waals surface area contributed by atoms with Crippen LogP contribution in [0.15, 0.2) is 4.99 Å². The first-order valence-corrected chi connectivity index (χ1v) is 11.4. The highest BCUT2D eigenvalue weighted by molar-refractivity contribution is 7.92. The van der Waals surface area contributed by atoms with Crippen LogP contribution in [-0.2, 0) is 16.4 Å². The van der Waals surface area contributed by atoms with E-state index in [0.717, 1.165) is 48.8 Å². The molecule has 1 aromatic heterocycles. The molecule has 2 heterocycles. The normalized spacial score (nSPS) is 23.0. The topological polar surface area (TPSA) is 74.7 Å². The molecule has 0 unspecified atom stereocenters. The van der Waals surface area contributed by atoms with E-state index in [0.29, 0.717) is 19.6 Å². The molecule has 8 heteroatoms. The third-order valence-corrected chi connectivity index (χ3v) is 9.10. The van der Waals surface area contributed by atoms with Gasteiger partial charge in [-0.15, -0.1) is 11.3 Å². The van der Waals surface area contributed by atoms with Crippen LogP contribution in [0.3, 0.4) is 0 Å². The molecule has 2 fully saturated rings. The summed E-state index contributed by atoms with van der Waals surface area (Å²) in [6, 6.07) is 0. The van der Waals surface area contributed by atoms with Crippen LogP contribution in [0.5, 0.6) is 0 Å². The van der Waals surface area contributed by atoms with Crippen molar-refractivity contribution in [3.8, 4) is 0 Å². The summed E-state index contributed by atoms with van der Waals surface area (Å²) in [5.74, 6) is 1.03. The Morgan fingerprint density at radius 2 is 2.04 bits per heavy atom. The minimum absolute atomic E-state index is 0.229. The molecule has 0 aromatic carbocycles. The van der Waals surface area contributed by atoms with Gasteiger partial charge in [-0.1, -0.05) is 19.3 Å². The van der Waals surface area contributed by atoms with Crippen LogP contribution >= 0.6 is 11.3 Å². The second-order valence-electron chi connectivity index (χ2n) is 7.13. The molecule has 0 bridgehead atoms. The lowest BCUT2D eigenvalue weighted by molar-refractivity contribution is 0.274. The molecule has 6 nitrogen and oxygen atoms in total. The lowest BCUT2D eigenvalue weighted by atomic mass is 9.87. The Bertz CT molecular complexity index is 749. The van der Waals surface area contributed by atoms with Gasteiger partial charge in [-0.3, -0.25) is 4.99 Å². The molecule has 1 aliphatic carbocycles. The molecule has 1 saturated carbocycles. The predicted molar refractivity (Wildman–Crippen MR) is 103 cm³/mol. The molecule has 0 atom stereocenters. The molecule has 0 radical (unpaired) electrons. The first kappa shape index (κ1) is 18.6. The zero-order valence-electron chi connectivity index (χ0n) is 15.3. The van der Waals surface area contributed by atoms with Crippen molar-refractivity contribution < 1.29 is 8.42 Å². The van der Waals surface area contributed by atoms with Gasteiger partial charge in [0.15, 0.2) is 15.8 Å². The van der Waals surface area contributed by atoms with Gasteiger partial charge in [0, 0.05) is 25.0 Å². The summed E-state index contributed by atoms with van der Waals surface area (Å²) in [6.45, 7) is 5.80. The van der Waals surface area contributed by atoms with Gasteiger partial charge >= 0.3 is 0 Å². The monoisotopic (exact) mass is 384 g/mol. The van der Waals surface area contributed by atoms with Crippen LogP contribution in [-0.4, -0.2) is 54.9 Å². The highest BCUT2D eigenvalue weighted by Crippen LogP contribution is 2.38. The average molecular weight is 385 g/mol. The fourth-order valence-electron chi connectivity index (χ4n) is 4.05. The molecule has 1 spiro atoms. The Morgan fingerprint density at radius 1 is 1.32 bits per heavy atom. The van der Waals surface area contributed by atoms with Crippen molar-refractivity contribution in [2.45, 2.75) is 57.2 Å². The Balaban J connectivity index is 1.72. The Morgan fingerprint density at radius 3 is 2.64 bits per heavy atom. The maximum atomic E-state index is 12.7. The quantitative estimate of drug-likeness (QED) is 0.625. The maximum Gasteiger partial charge on any atom is 0.194 e. The van der Waals surface area contributed by atoms with Crippen LogP contribution in [0.2, 0.25) is 0 Å². The van der Waals surface area contributed by atoms with E-state index >= 15 is 0 Å². The number of aliphatic imine (C=N–C) groups is 1. The van der Waals surface area contributed by atoms with Gasteiger partial charge < -0.3 is 10.2 Å². The van der Waals surface area contributed by atoms with Crippen LogP contribution < -0.4 is 5.32 Å². The second-order valence-corrected chi connectivity index (χ2v) is 10.9. The Labute approximate surface area is 154 Å².